The topological polar surface area (TPSA) is 72.7 Å². The van der Waals surface area contributed by atoms with Gasteiger partial charge in [0.2, 0.25) is 6.23 Å². The fourth-order valence-corrected chi connectivity index (χ4v) is 1.55. The van der Waals surface area contributed by atoms with Gasteiger partial charge in [0.15, 0.2) is 17.9 Å². The molecule has 1 atom stereocenters. The van der Waals surface area contributed by atoms with Gasteiger partial charge in [0.05, 0.1) is 17.1 Å². The van der Waals surface area contributed by atoms with E-state index in [1.807, 2.05) is 0 Å². The molecule has 0 aromatic heterocycles. The number of carbonyl (C=O) groups is 1. The van der Waals surface area contributed by atoms with E-state index in [2.05, 4.69) is 0 Å². The maximum absolute atomic E-state index is 13.5. The molecule has 0 aliphatic carbocycles. The van der Waals surface area contributed by atoms with Crippen molar-refractivity contribution < 1.29 is 18.8 Å². The van der Waals surface area contributed by atoms with Gasteiger partial charge in [-0.3, -0.25) is 14.9 Å². The summed E-state index contributed by atoms with van der Waals surface area (Å²) in [6.45, 7) is 0. The first-order valence-corrected chi connectivity index (χ1v) is 4.37. The van der Waals surface area contributed by atoms with Crippen LogP contribution in [-0.4, -0.2) is 24.5 Å². The second-order valence-corrected chi connectivity index (χ2v) is 3.29. The molecule has 1 heterocycles. The molecule has 0 N–H and O–H groups in total. The van der Waals surface area contributed by atoms with Crippen LogP contribution in [0.1, 0.15) is 0 Å². The SMILES string of the molecule is CN1c2c(F)cc([N+](=O)[O-])cc2OC1C=O. The van der Waals surface area contributed by atoms with Gasteiger partial charge < -0.3 is 9.64 Å². The molecule has 1 aromatic carbocycles. The Morgan fingerprint density at radius 1 is 1.62 bits per heavy atom. The number of aldehydes is 1. The van der Waals surface area contributed by atoms with E-state index in [-0.39, 0.29) is 11.4 Å². The van der Waals surface area contributed by atoms with E-state index < -0.39 is 22.7 Å². The number of halogens is 1. The Morgan fingerprint density at radius 3 is 2.88 bits per heavy atom. The predicted molar refractivity (Wildman–Crippen MR) is 51.9 cm³/mol. The zero-order chi connectivity index (χ0) is 11.9. The highest BCUT2D eigenvalue weighted by atomic mass is 19.1. The minimum absolute atomic E-state index is 0.00583. The molecule has 2 rings (SSSR count). The lowest BCUT2D eigenvalue weighted by Gasteiger charge is -2.14. The number of hydrogen-bond donors (Lipinski definition) is 0. The van der Waals surface area contributed by atoms with E-state index >= 15 is 0 Å². The van der Waals surface area contributed by atoms with Crippen LogP contribution in [0.4, 0.5) is 15.8 Å². The summed E-state index contributed by atoms with van der Waals surface area (Å²) < 4.78 is 18.6. The summed E-state index contributed by atoms with van der Waals surface area (Å²) in [6.07, 6.45) is -0.447. The molecule has 0 bridgehead atoms. The number of carbonyl (C=O) groups excluding carboxylic acids is 1. The molecule has 7 heteroatoms. The van der Waals surface area contributed by atoms with Crippen molar-refractivity contribution in [1.29, 1.82) is 0 Å². The van der Waals surface area contributed by atoms with Gasteiger partial charge in [-0.2, -0.15) is 0 Å². The lowest BCUT2D eigenvalue weighted by atomic mass is 10.2. The molecule has 16 heavy (non-hydrogen) atoms. The van der Waals surface area contributed by atoms with Crippen molar-refractivity contribution in [3.63, 3.8) is 0 Å². The number of likely N-dealkylation sites (N-methyl/N-ethyl adjacent to an activating group) is 1. The molecule has 1 aliphatic heterocycles. The standard InChI is InChI=1S/C9H7FN2O4/c1-11-8(4-13)16-7-3-5(12(14)15)2-6(10)9(7)11/h2-4,8H,1H3. The van der Waals surface area contributed by atoms with Gasteiger partial charge in [0, 0.05) is 7.05 Å². The van der Waals surface area contributed by atoms with E-state index in [1.165, 1.54) is 11.9 Å². The summed E-state index contributed by atoms with van der Waals surface area (Å²) >= 11 is 0. The lowest BCUT2D eigenvalue weighted by Crippen LogP contribution is -2.32. The van der Waals surface area contributed by atoms with Gasteiger partial charge in [0.25, 0.3) is 5.69 Å². The fraction of sp³-hybridized carbons (Fsp3) is 0.222. The van der Waals surface area contributed by atoms with Gasteiger partial charge in [-0.15, -0.1) is 0 Å². The third kappa shape index (κ3) is 1.37. The summed E-state index contributed by atoms with van der Waals surface area (Å²) in [7, 11) is 1.47. The Labute approximate surface area is 89.4 Å². The fourth-order valence-electron chi connectivity index (χ4n) is 1.55. The minimum Gasteiger partial charge on any atom is -0.461 e. The summed E-state index contributed by atoms with van der Waals surface area (Å²) in [6, 6.07) is 1.89. The average molecular weight is 226 g/mol. The second-order valence-electron chi connectivity index (χ2n) is 3.29. The number of anilines is 1. The number of rotatable bonds is 2. The third-order valence-corrected chi connectivity index (χ3v) is 2.32. The number of hydrogen-bond acceptors (Lipinski definition) is 5. The number of nitro groups is 1. The van der Waals surface area contributed by atoms with E-state index in [0.717, 1.165) is 12.1 Å². The van der Waals surface area contributed by atoms with Crippen molar-refractivity contribution in [3.8, 4) is 5.75 Å². The molecule has 1 unspecified atom stereocenters. The van der Waals surface area contributed by atoms with Crippen LogP contribution in [0.5, 0.6) is 5.75 Å². The smallest absolute Gasteiger partial charge is 0.276 e. The van der Waals surface area contributed by atoms with Crippen molar-refractivity contribution in [1.82, 2.24) is 0 Å². The average Bonchev–Trinajstić information content (AvgIpc) is 2.55. The van der Waals surface area contributed by atoms with E-state index in [0.29, 0.717) is 6.29 Å². The van der Waals surface area contributed by atoms with E-state index in [4.69, 9.17) is 4.74 Å². The first-order valence-electron chi connectivity index (χ1n) is 4.37. The van der Waals surface area contributed by atoms with Crippen LogP contribution in [0.25, 0.3) is 0 Å². The van der Waals surface area contributed by atoms with Crippen molar-refractivity contribution >= 4 is 17.7 Å². The maximum atomic E-state index is 13.5. The lowest BCUT2D eigenvalue weighted by molar-refractivity contribution is -0.385. The number of nitrogens with zero attached hydrogens (tertiary/aromatic N) is 2. The monoisotopic (exact) mass is 226 g/mol. The number of fused-ring (bicyclic) bond motifs is 1. The van der Waals surface area contributed by atoms with E-state index in [1.54, 1.807) is 0 Å². The Kier molecular flexibility index (Phi) is 2.22. The van der Waals surface area contributed by atoms with E-state index in [9.17, 15) is 19.3 Å². The summed E-state index contributed by atoms with van der Waals surface area (Å²) in [5, 5.41) is 10.5. The molecule has 0 radical (unpaired) electrons. The number of benzene rings is 1. The van der Waals surface area contributed by atoms with Crippen molar-refractivity contribution in [2.75, 3.05) is 11.9 Å². The highest BCUT2D eigenvalue weighted by Gasteiger charge is 2.32. The van der Waals surface area contributed by atoms with Crippen LogP contribution in [0, 0.1) is 15.9 Å². The van der Waals surface area contributed by atoms with Gasteiger partial charge in [0.1, 0.15) is 5.69 Å². The predicted octanol–water partition coefficient (Wildman–Crippen LogP) is 1.09. The summed E-state index contributed by atoms with van der Waals surface area (Å²) in [4.78, 5) is 21.6. The first kappa shape index (κ1) is 10.3. The molecule has 1 aromatic rings. The molecule has 1 aliphatic rings. The van der Waals surface area contributed by atoms with Gasteiger partial charge >= 0.3 is 0 Å². The highest BCUT2D eigenvalue weighted by Crippen LogP contribution is 2.40. The van der Waals surface area contributed by atoms with Gasteiger partial charge in [-0.1, -0.05) is 0 Å². The zero-order valence-corrected chi connectivity index (χ0v) is 8.21. The van der Waals surface area contributed by atoms with Crippen LogP contribution >= 0.6 is 0 Å². The molecule has 0 saturated heterocycles. The van der Waals surface area contributed by atoms with Crippen LogP contribution in [0.3, 0.4) is 0 Å². The molecular weight excluding hydrogens is 219 g/mol. The van der Waals surface area contributed by atoms with Crippen LogP contribution in [0.15, 0.2) is 12.1 Å². The first-order chi connectivity index (χ1) is 7.54. The second kappa shape index (κ2) is 3.44. The van der Waals surface area contributed by atoms with Gasteiger partial charge in [-0.05, 0) is 0 Å². The normalized spacial score (nSPS) is 17.9. The Balaban J connectivity index is 2.53. The van der Waals surface area contributed by atoms with Crippen molar-refractivity contribution in [2.24, 2.45) is 0 Å². The molecule has 0 amide bonds. The Bertz CT molecular complexity index is 477. The Morgan fingerprint density at radius 2 is 2.31 bits per heavy atom. The number of non-ortho nitro benzene ring substituents is 1. The largest absolute Gasteiger partial charge is 0.461 e. The molecule has 0 fully saturated rings. The van der Waals surface area contributed by atoms with Crippen LogP contribution < -0.4 is 9.64 Å². The quantitative estimate of drug-likeness (QED) is 0.428. The van der Waals surface area contributed by atoms with Gasteiger partial charge in [-0.25, -0.2) is 4.39 Å². The number of nitro benzene ring substituents is 1. The van der Waals surface area contributed by atoms with Crippen molar-refractivity contribution in [2.45, 2.75) is 6.23 Å². The summed E-state index contributed by atoms with van der Waals surface area (Å²) in [5.74, 6) is -0.776. The number of ether oxygens (including phenoxy) is 1. The molecular formula is C9H7FN2O4. The Hall–Kier alpha value is -2.18. The summed E-state index contributed by atoms with van der Waals surface area (Å²) in [5.41, 5.74) is -0.348. The molecule has 0 saturated carbocycles. The molecule has 6 nitrogen and oxygen atoms in total. The van der Waals surface area contributed by atoms with Crippen LogP contribution in [0.2, 0.25) is 0 Å². The highest BCUT2D eigenvalue weighted by molar-refractivity contribution is 5.74. The maximum Gasteiger partial charge on any atom is 0.276 e. The molecule has 84 valence electrons. The molecule has 0 spiro atoms. The zero-order valence-electron chi connectivity index (χ0n) is 8.21. The third-order valence-electron chi connectivity index (χ3n) is 2.32. The van der Waals surface area contributed by atoms with Crippen LogP contribution in [-0.2, 0) is 4.79 Å². The minimum atomic E-state index is -0.938. The van der Waals surface area contributed by atoms with Crippen molar-refractivity contribution in [3.05, 3.63) is 28.1 Å².